The molecule has 1 amide bonds. The van der Waals surface area contributed by atoms with Gasteiger partial charge in [-0.25, -0.2) is 9.79 Å². The maximum atomic E-state index is 11.6. The van der Waals surface area contributed by atoms with E-state index in [1.165, 1.54) is 12.3 Å². The molecule has 2 heterocycles. The average Bonchev–Trinajstić information content (AvgIpc) is 2.60. The molecule has 2 aliphatic rings. The number of benzene rings is 2. The van der Waals surface area contributed by atoms with E-state index in [0.29, 0.717) is 5.70 Å². The van der Waals surface area contributed by atoms with Gasteiger partial charge in [-0.05, 0) is 30.3 Å². The molecule has 0 spiro atoms. The van der Waals surface area contributed by atoms with Crippen LogP contribution in [0.25, 0.3) is 0 Å². The molecule has 4 nitrogen and oxygen atoms in total. The Kier molecular flexibility index (Phi) is 3.23. The average molecular weight is 318 g/mol. The molecule has 5 heteroatoms. The molecular formula is C18H10N2O2S. The number of fused-ring (bicyclic) bond motifs is 2. The van der Waals surface area contributed by atoms with Crippen molar-refractivity contribution in [1.82, 2.24) is 0 Å². The number of para-hydroxylation sites is 2. The minimum Gasteiger partial charge on any atom is -0.307 e. The van der Waals surface area contributed by atoms with Crippen molar-refractivity contribution < 1.29 is 9.59 Å². The van der Waals surface area contributed by atoms with E-state index >= 15 is 0 Å². The first-order valence-electron chi connectivity index (χ1n) is 6.99. The van der Waals surface area contributed by atoms with E-state index in [-0.39, 0.29) is 5.57 Å². The van der Waals surface area contributed by atoms with Crippen LogP contribution in [-0.2, 0) is 9.59 Å². The van der Waals surface area contributed by atoms with Crippen molar-refractivity contribution in [3.05, 3.63) is 65.9 Å². The Labute approximate surface area is 136 Å². The van der Waals surface area contributed by atoms with Gasteiger partial charge in [0.2, 0.25) is 0 Å². The molecule has 0 fully saturated rings. The monoisotopic (exact) mass is 318 g/mol. The van der Waals surface area contributed by atoms with Crippen LogP contribution in [0.4, 0.5) is 11.4 Å². The second kappa shape index (κ2) is 5.39. The van der Waals surface area contributed by atoms with Crippen LogP contribution in [-0.4, -0.2) is 18.1 Å². The van der Waals surface area contributed by atoms with Crippen LogP contribution < -0.4 is 4.90 Å². The van der Waals surface area contributed by atoms with E-state index in [1.54, 1.807) is 17.7 Å². The van der Waals surface area contributed by atoms with Crippen molar-refractivity contribution in [1.29, 1.82) is 0 Å². The number of hydrogen-bond donors (Lipinski definition) is 0. The summed E-state index contributed by atoms with van der Waals surface area (Å²) in [7, 11) is 0. The number of hydrogen-bond acceptors (Lipinski definition) is 4. The zero-order chi connectivity index (χ0) is 15.8. The SMILES string of the molecule is O=C=C1C=C(N2c3ccccc3Sc3ccccc32)C=NC1=O. The summed E-state index contributed by atoms with van der Waals surface area (Å²) in [6.07, 6.45) is 3.03. The zero-order valence-corrected chi connectivity index (χ0v) is 12.7. The number of amides is 1. The number of nitrogens with zero attached hydrogens (tertiary/aromatic N) is 2. The zero-order valence-electron chi connectivity index (χ0n) is 11.9. The van der Waals surface area contributed by atoms with Crippen LogP contribution in [0.3, 0.4) is 0 Å². The van der Waals surface area contributed by atoms with E-state index < -0.39 is 5.91 Å². The molecule has 2 aromatic rings. The van der Waals surface area contributed by atoms with Gasteiger partial charge in [0.15, 0.2) is 0 Å². The number of anilines is 2. The fraction of sp³-hybridized carbons (Fsp3) is 0. The molecule has 0 bridgehead atoms. The molecule has 4 rings (SSSR count). The summed E-state index contributed by atoms with van der Waals surface area (Å²) in [6.45, 7) is 0. The molecule has 0 saturated carbocycles. The van der Waals surface area contributed by atoms with Gasteiger partial charge < -0.3 is 4.90 Å². The fourth-order valence-electron chi connectivity index (χ4n) is 2.62. The number of rotatable bonds is 1. The lowest BCUT2D eigenvalue weighted by molar-refractivity contribution is -0.113. The smallest absolute Gasteiger partial charge is 0.288 e. The first-order valence-corrected chi connectivity index (χ1v) is 7.81. The molecule has 23 heavy (non-hydrogen) atoms. The van der Waals surface area contributed by atoms with Crippen LogP contribution in [0.1, 0.15) is 0 Å². The summed E-state index contributed by atoms with van der Waals surface area (Å²) in [5.74, 6) is 1.11. The van der Waals surface area contributed by atoms with Crippen molar-refractivity contribution >= 4 is 41.2 Å². The maximum Gasteiger partial charge on any atom is 0.288 e. The summed E-state index contributed by atoms with van der Waals surface area (Å²) in [5, 5.41) is 0. The lowest BCUT2D eigenvalue weighted by Gasteiger charge is -2.33. The van der Waals surface area contributed by atoms with Crippen LogP contribution in [0.2, 0.25) is 0 Å². The van der Waals surface area contributed by atoms with E-state index in [2.05, 4.69) is 4.99 Å². The molecule has 110 valence electrons. The molecule has 0 unspecified atom stereocenters. The van der Waals surface area contributed by atoms with Gasteiger partial charge in [0, 0.05) is 9.79 Å². The quantitative estimate of drug-likeness (QED) is 0.596. The van der Waals surface area contributed by atoms with Gasteiger partial charge >= 0.3 is 0 Å². The van der Waals surface area contributed by atoms with Gasteiger partial charge in [-0.2, -0.15) is 0 Å². The van der Waals surface area contributed by atoms with Crippen molar-refractivity contribution in [3.8, 4) is 0 Å². The predicted octanol–water partition coefficient (Wildman–Crippen LogP) is 3.54. The predicted molar refractivity (Wildman–Crippen MR) is 89.9 cm³/mol. The molecule has 2 aromatic carbocycles. The second-order valence-electron chi connectivity index (χ2n) is 5.02. The Morgan fingerprint density at radius 2 is 1.57 bits per heavy atom. The van der Waals surface area contributed by atoms with Gasteiger partial charge in [0.05, 0.1) is 23.3 Å². The fourth-order valence-corrected chi connectivity index (χ4v) is 3.68. The topological polar surface area (TPSA) is 49.7 Å². The molecule has 0 N–H and O–H groups in total. The molecule has 0 radical (unpaired) electrons. The highest BCUT2D eigenvalue weighted by Gasteiger charge is 2.27. The Hall–Kier alpha value is -2.88. The molecule has 2 aliphatic heterocycles. The highest BCUT2D eigenvalue weighted by atomic mass is 32.2. The van der Waals surface area contributed by atoms with Gasteiger partial charge in [0.25, 0.3) is 5.91 Å². The second-order valence-corrected chi connectivity index (χ2v) is 6.10. The Bertz CT molecular complexity index is 894. The number of carbonyl (C=O) groups is 1. The lowest BCUT2D eigenvalue weighted by atomic mass is 10.1. The minimum absolute atomic E-state index is 0.0595. The number of aliphatic imine (C=N–C) groups is 1. The molecule has 0 atom stereocenters. The third-order valence-electron chi connectivity index (χ3n) is 3.64. The van der Waals surface area contributed by atoms with Crippen molar-refractivity contribution in [2.24, 2.45) is 4.99 Å². The molecule has 0 aliphatic carbocycles. The van der Waals surface area contributed by atoms with E-state index in [1.807, 2.05) is 53.4 Å². The summed E-state index contributed by atoms with van der Waals surface area (Å²) < 4.78 is 0. The highest BCUT2D eigenvalue weighted by Crippen LogP contribution is 2.49. The van der Waals surface area contributed by atoms with Crippen molar-refractivity contribution in [3.63, 3.8) is 0 Å². The molecular weight excluding hydrogens is 308 g/mol. The Morgan fingerprint density at radius 1 is 0.957 bits per heavy atom. The molecule has 0 aromatic heterocycles. The standard InChI is InChI=1S/C18H10N2O2S/c21-11-12-9-13(10-19-18(12)22)20-14-5-1-3-7-16(14)23-17-8-4-2-6-15(17)20/h1-10H. The third-order valence-corrected chi connectivity index (χ3v) is 4.77. The molecule has 0 saturated heterocycles. The summed E-state index contributed by atoms with van der Waals surface area (Å²) >= 11 is 1.69. The Balaban J connectivity index is 1.94. The van der Waals surface area contributed by atoms with E-state index in [9.17, 15) is 9.59 Å². The van der Waals surface area contributed by atoms with Crippen LogP contribution in [0, 0.1) is 0 Å². The van der Waals surface area contributed by atoms with Crippen molar-refractivity contribution in [2.75, 3.05) is 4.90 Å². The van der Waals surface area contributed by atoms with Crippen molar-refractivity contribution in [2.45, 2.75) is 9.79 Å². The van der Waals surface area contributed by atoms with E-state index in [4.69, 9.17) is 0 Å². The first-order chi connectivity index (χ1) is 11.3. The first kappa shape index (κ1) is 13.8. The largest absolute Gasteiger partial charge is 0.307 e. The van der Waals surface area contributed by atoms with Gasteiger partial charge in [-0.3, -0.25) is 4.79 Å². The van der Waals surface area contributed by atoms with Crippen LogP contribution >= 0.6 is 11.8 Å². The minimum atomic E-state index is -0.559. The van der Waals surface area contributed by atoms with Gasteiger partial charge in [-0.15, -0.1) is 0 Å². The number of carbonyl (C=O) groups excluding carboxylic acids is 2. The third kappa shape index (κ3) is 2.23. The van der Waals surface area contributed by atoms with Crippen LogP contribution in [0.15, 0.2) is 80.7 Å². The maximum absolute atomic E-state index is 11.6. The summed E-state index contributed by atoms with van der Waals surface area (Å²) in [4.78, 5) is 30.6. The number of dihydropyridines is 1. The summed E-state index contributed by atoms with van der Waals surface area (Å²) in [6, 6.07) is 16.0. The lowest BCUT2D eigenvalue weighted by Crippen LogP contribution is -2.23. The number of allylic oxidation sites excluding steroid dienone is 1. The van der Waals surface area contributed by atoms with Gasteiger partial charge in [0.1, 0.15) is 11.5 Å². The normalized spacial score (nSPS) is 15.7. The highest BCUT2D eigenvalue weighted by molar-refractivity contribution is 7.99. The Morgan fingerprint density at radius 3 is 2.17 bits per heavy atom. The van der Waals surface area contributed by atoms with Crippen LogP contribution in [0.5, 0.6) is 0 Å². The van der Waals surface area contributed by atoms with Gasteiger partial charge in [-0.1, -0.05) is 36.0 Å². The van der Waals surface area contributed by atoms with E-state index in [0.717, 1.165) is 21.2 Å². The summed E-state index contributed by atoms with van der Waals surface area (Å²) in [5.41, 5.74) is 2.60.